The third kappa shape index (κ3) is 6.77. The van der Waals surface area contributed by atoms with Gasteiger partial charge in [-0.1, -0.05) is 13.3 Å². The maximum absolute atomic E-state index is 12.5. The fraction of sp³-hybridized carbons (Fsp3) is 0.889. The molecule has 1 aliphatic heterocycles. The van der Waals surface area contributed by atoms with Crippen molar-refractivity contribution in [3.05, 3.63) is 0 Å². The molecule has 0 saturated carbocycles. The highest BCUT2D eigenvalue weighted by Crippen LogP contribution is 2.24. The monoisotopic (exact) mass is 341 g/mol. The second-order valence-electron chi connectivity index (χ2n) is 8.04. The molecule has 0 aromatic rings. The Balaban J connectivity index is 2.79. The van der Waals surface area contributed by atoms with Gasteiger partial charge in [0.2, 0.25) is 5.91 Å². The number of likely N-dealkylation sites (tertiary alicyclic amines) is 1. The number of hydrogen-bond acceptors (Lipinski definition) is 5. The Labute approximate surface area is 146 Å². The van der Waals surface area contributed by atoms with Crippen LogP contribution in [0.1, 0.15) is 60.8 Å². The van der Waals surface area contributed by atoms with Gasteiger partial charge in [-0.05, 0) is 46.5 Å². The number of nitrogens with two attached hydrogens (primary N) is 1. The number of ether oxygens (including phenoxy) is 1. The largest absolute Gasteiger partial charge is 0.459 e. The quantitative estimate of drug-likeness (QED) is 0.688. The molecular weight excluding hydrogens is 306 g/mol. The van der Waals surface area contributed by atoms with E-state index in [1.54, 1.807) is 0 Å². The Hall–Kier alpha value is -1.14. The van der Waals surface area contributed by atoms with E-state index in [4.69, 9.17) is 10.5 Å². The summed E-state index contributed by atoms with van der Waals surface area (Å²) in [6, 6.07) is -0.234. The lowest BCUT2D eigenvalue weighted by atomic mass is 9.95. The van der Waals surface area contributed by atoms with Crippen LogP contribution in [0.25, 0.3) is 0 Å². The van der Waals surface area contributed by atoms with E-state index in [-0.39, 0.29) is 35.9 Å². The molecule has 0 radical (unpaired) electrons. The zero-order chi connectivity index (χ0) is 18.5. The van der Waals surface area contributed by atoms with Crippen molar-refractivity contribution in [1.82, 2.24) is 10.2 Å². The average Bonchev–Trinajstić information content (AvgIpc) is 2.76. The lowest BCUT2D eigenvalue weighted by Gasteiger charge is -2.32. The number of nitrogens with one attached hydrogen (secondary N) is 1. The molecule has 4 atom stereocenters. The molecule has 0 aromatic carbocycles. The summed E-state index contributed by atoms with van der Waals surface area (Å²) in [7, 11) is 0. The molecule has 1 saturated heterocycles. The first kappa shape index (κ1) is 20.9. The van der Waals surface area contributed by atoms with Crippen LogP contribution in [-0.2, 0) is 14.3 Å². The van der Waals surface area contributed by atoms with Crippen molar-refractivity contribution in [2.75, 3.05) is 13.1 Å². The lowest BCUT2D eigenvalue weighted by molar-refractivity contribution is -0.160. The van der Waals surface area contributed by atoms with Crippen LogP contribution in [0, 0.1) is 5.92 Å². The lowest BCUT2D eigenvalue weighted by Crippen LogP contribution is -2.47. The number of nitrogens with zero attached hydrogens (tertiary/aromatic N) is 1. The van der Waals surface area contributed by atoms with Crippen molar-refractivity contribution in [1.29, 1.82) is 0 Å². The van der Waals surface area contributed by atoms with Crippen LogP contribution >= 0.6 is 0 Å². The van der Waals surface area contributed by atoms with Crippen LogP contribution in [-0.4, -0.2) is 53.6 Å². The van der Waals surface area contributed by atoms with Gasteiger partial charge in [0.05, 0.1) is 0 Å². The third-order valence-electron chi connectivity index (χ3n) is 4.38. The maximum Gasteiger partial charge on any atom is 0.323 e. The molecule has 6 heteroatoms. The fourth-order valence-electron chi connectivity index (χ4n) is 3.37. The molecule has 2 unspecified atom stereocenters. The van der Waals surface area contributed by atoms with E-state index in [1.165, 1.54) is 6.92 Å². The van der Waals surface area contributed by atoms with Crippen LogP contribution in [0.4, 0.5) is 0 Å². The minimum Gasteiger partial charge on any atom is -0.459 e. The molecule has 0 spiro atoms. The minimum absolute atomic E-state index is 0.0131. The van der Waals surface area contributed by atoms with Crippen LogP contribution < -0.4 is 11.1 Å². The number of carbonyl (C=O) groups excluding carboxylic acids is 2. The first-order valence-electron chi connectivity index (χ1n) is 9.03. The highest BCUT2D eigenvalue weighted by Gasteiger charge is 2.39. The van der Waals surface area contributed by atoms with E-state index in [2.05, 4.69) is 17.1 Å². The number of amides is 1. The van der Waals surface area contributed by atoms with E-state index in [1.807, 2.05) is 27.7 Å². The minimum atomic E-state index is -0.498. The molecule has 24 heavy (non-hydrogen) atoms. The standard InChI is InChI=1S/C18H35N3O3/c1-7-8-14(12(2)20-13(3)22)10-21-11-15(19)9-16(21)17(23)24-18(4,5)6/h12,14-16H,7-11,19H2,1-6H3,(H,20,22)/t12?,14?,15-,16-/m1/s1. The molecular formula is C18H35N3O3. The van der Waals surface area contributed by atoms with Gasteiger partial charge >= 0.3 is 5.97 Å². The van der Waals surface area contributed by atoms with Gasteiger partial charge in [-0.15, -0.1) is 0 Å². The molecule has 1 heterocycles. The van der Waals surface area contributed by atoms with Gasteiger partial charge in [0, 0.05) is 32.1 Å². The van der Waals surface area contributed by atoms with E-state index in [0.717, 1.165) is 19.4 Å². The number of hydrogen-bond donors (Lipinski definition) is 2. The Bertz CT molecular complexity index is 434. The van der Waals surface area contributed by atoms with E-state index in [9.17, 15) is 9.59 Å². The molecule has 6 nitrogen and oxygen atoms in total. The maximum atomic E-state index is 12.5. The number of rotatable bonds is 7. The van der Waals surface area contributed by atoms with Gasteiger partial charge in [-0.2, -0.15) is 0 Å². The summed E-state index contributed by atoms with van der Waals surface area (Å²) < 4.78 is 5.56. The van der Waals surface area contributed by atoms with Crippen molar-refractivity contribution < 1.29 is 14.3 Å². The van der Waals surface area contributed by atoms with Crippen LogP contribution in [0.15, 0.2) is 0 Å². The van der Waals surface area contributed by atoms with Gasteiger partial charge in [-0.3, -0.25) is 14.5 Å². The first-order valence-corrected chi connectivity index (χ1v) is 9.03. The van der Waals surface area contributed by atoms with Crippen molar-refractivity contribution in [3.63, 3.8) is 0 Å². The first-order chi connectivity index (χ1) is 11.0. The zero-order valence-corrected chi connectivity index (χ0v) is 16.1. The second-order valence-corrected chi connectivity index (χ2v) is 8.04. The molecule has 0 aromatic heterocycles. The summed E-state index contributed by atoms with van der Waals surface area (Å²) >= 11 is 0. The Morgan fingerprint density at radius 3 is 2.50 bits per heavy atom. The van der Waals surface area contributed by atoms with Crippen molar-refractivity contribution in [2.24, 2.45) is 11.7 Å². The zero-order valence-electron chi connectivity index (χ0n) is 16.1. The predicted molar refractivity (Wildman–Crippen MR) is 95.5 cm³/mol. The fourth-order valence-corrected chi connectivity index (χ4v) is 3.37. The molecule has 1 fully saturated rings. The highest BCUT2D eigenvalue weighted by molar-refractivity contribution is 5.76. The highest BCUT2D eigenvalue weighted by atomic mass is 16.6. The van der Waals surface area contributed by atoms with Crippen molar-refractivity contribution in [3.8, 4) is 0 Å². The van der Waals surface area contributed by atoms with Gasteiger partial charge < -0.3 is 15.8 Å². The van der Waals surface area contributed by atoms with Gasteiger partial charge in [0.15, 0.2) is 0 Å². The van der Waals surface area contributed by atoms with Crippen LogP contribution in [0.2, 0.25) is 0 Å². The van der Waals surface area contributed by atoms with Crippen molar-refractivity contribution >= 4 is 11.9 Å². The SMILES string of the molecule is CCCC(CN1C[C@H](N)C[C@@H]1C(=O)OC(C)(C)C)C(C)NC(C)=O. The Morgan fingerprint density at radius 1 is 1.38 bits per heavy atom. The molecule has 140 valence electrons. The molecule has 3 N–H and O–H groups in total. The Morgan fingerprint density at radius 2 is 2.00 bits per heavy atom. The van der Waals surface area contributed by atoms with E-state index < -0.39 is 5.60 Å². The average molecular weight is 341 g/mol. The van der Waals surface area contributed by atoms with E-state index >= 15 is 0 Å². The third-order valence-corrected chi connectivity index (χ3v) is 4.38. The van der Waals surface area contributed by atoms with Gasteiger partial charge in [-0.25, -0.2) is 0 Å². The summed E-state index contributed by atoms with van der Waals surface area (Å²) in [5, 5.41) is 2.98. The molecule has 1 amide bonds. The summed E-state index contributed by atoms with van der Waals surface area (Å²) in [4.78, 5) is 26.0. The van der Waals surface area contributed by atoms with Gasteiger partial charge in [0.25, 0.3) is 0 Å². The Kier molecular flexibility index (Phi) is 7.67. The van der Waals surface area contributed by atoms with Crippen molar-refractivity contribution in [2.45, 2.75) is 84.5 Å². The van der Waals surface area contributed by atoms with Crippen LogP contribution in [0.5, 0.6) is 0 Å². The second kappa shape index (κ2) is 8.81. The molecule has 0 aliphatic carbocycles. The molecule has 1 rings (SSSR count). The predicted octanol–water partition coefficient (Wildman–Crippen LogP) is 1.67. The summed E-state index contributed by atoms with van der Waals surface area (Å²) in [5.74, 6) is 0.0671. The smallest absolute Gasteiger partial charge is 0.323 e. The molecule has 0 bridgehead atoms. The van der Waals surface area contributed by atoms with E-state index in [0.29, 0.717) is 13.0 Å². The molecule has 1 aliphatic rings. The number of carbonyl (C=O) groups is 2. The van der Waals surface area contributed by atoms with Crippen LogP contribution in [0.3, 0.4) is 0 Å². The summed E-state index contributed by atoms with van der Waals surface area (Å²) in [6.45, 7) is 12.8. The van der Waals surface area contributed by atoms with Gasteiger partial charge in [0.1, 0.15) is 11.6 Å². The normalized spacial score (nSPS) is 24.5. The number of esters is 1. The summed E-state index contributed by atoms with van der Waals surface area (Å²) in [5.41, 5.74) is 5.61. The topological polar surface area (TPSA) is 84.7 Å². The summed E-state index contributed by atoms with van der Waals surface area (Å²) in [6.07, 6.45) is 2.65.